The Morgan fingerprint density at radius 3 is 2.26 bits per heavy atom. The first-order chi connectivity index (χ1) is 10.7. The maximum absolute atomic E-state index is 12.6. The highest BCUT2D eigenvalue weighted by Gasteiger charge is 2.38. The molecule has 0 amide bonds. The van der Waals surface area contributed by atoms with Crippen LogP contribution in [-0.2, 0) is 19.6 Å². The van der Waals surface area contributed by atoms with Crippen molar-refractivity contribution in [1.29, 1.82) is 0 Å². The van der Waals surface area contributed by atoms with Gasteiger partial charge in [0.2, 0.25) is 10.0 Å². The Bertz CT molecular complexity index is 670. The second kappa shape index (κ2) is 7.49. The Hall–Kier alpha value is -2.04. The number of benzene rings is 1. The van der Waals surface area contributed by atoms with E-state index in [2.05, 4.69) is 4.74 Å². The fourth-order valence-corrected chi connectivity index (χ4v) is 3.72. The van der Waals surface area contributed by atoms with E-state index in [-0.39, 0.29) is 17.1 Å². The summed E-state index contributed by atoms with van der Waals surface area (Å²) in [6.45, 7) is 2.68. The fraction of sp³-hybridized carbons (Fsp3) is 0.462. The summed E-state index contributed by atoms with van der Waals surface area (Å²) in [5, 5.41) is 20.4. The fourth-order valence-electron chi connectivity index (χ4n) is 2.07. The van der Waals surface area contributed by atoms with Gasteiger partial charge in [0, 0.05) is 18.7 Å². The number of nitro benzene ring substituents is 1. The number of carbonyl (C=O) groups excluding carboxylic acids is 1. The van der Waals surface area contributed by atoms with E-state index in [1.54, 1.807) is 0 Å². The minimum atomic E-state index is -4.14. The molecule has 1 rings (SSSR count). The molecule has 1 aromatic rings. The Balaban J connectivity index is 3.30. The van der Waals surface area contributed by atoms with Gasteiger partial charge in [-0.3, -0.25) is 14.9 Å². The highest BCUT2D eigenvalue weighted by molar-refractivity contribution is 7.89. The minimum Gasteiger partial charge on any atom is -0.468 e. The van der Waals surface area contributed by atoms with E-state index in [1.165, 1.54) is 13.8 Å². The molecule has 0 aliphatic heterocycles. The lowest BCUT2D eigenvalue weighted by Crippen LogP contribution is -2.51. The largest absolute Gasteiger partial charge is 0.468 e. The van der Waals surface area contributed by atoms with Gasteiger partial charge in [-0.25, -0.2) is 8.42 Å². The van der Waals surface area contributed by atoms with Gasteiger partial charge >= 0.3 is 5.97 Å². The van der Waals surface area contributed by atoms with Crippen LogP contribution in [0.1, 0.15) is 13.8 Å². The van der Waals surface area contributed by atoms with Crippen molar-refractivity contribution in [3.8, 4) is 0 Å². The topological polar surface area (TPSA) is 127 Å². The predicted molar refractivity (Wildman–Crippen MR) is 80.1 cm³/mol. The van der Waals surface area contributed by atoms with E-state index >= 15 is 0 Å². The third-order valence-corrected chi connectivity index (χ3v) is 5.15. The zero-order chi connectivity index (χ0) is 17.8. The molecule has 0 aliphatic rings. The van der Waals surface area contributed by atoms with Gasteiger partial charge in [0.05, 0.1) is 23.0 Å². The summed E-state index contributed by atoms with van der Waals surface area (Å²) in [6, 6.07) is 2.84. The lowest BCUT2D eigenvalue weighted by atomic mass is 10.2. The van der Waals surface area contributed by atoms with E-state index in [0.29, 0.717) is 0 Å². The van der Waals surface area contributed by atoms with Crippen molar-refractivity contribution in [1.82, 2.24) is 4.31 Å². The van der Waals surface area contributed by atoms with Gasteiger partial charge in [0.15, 0.2) is 0 Å². The molecule has 128 valence electrons. The number of aliphatic hydroxyl groups excluding tert-OH is 1. The van der Waals surface area contributed by atoms with Gasteiger partial charge in [0.25, 0.3) is 5.69 Å². The van der Waals surface area contributed by atoms with Gasteiger partial charge in [0.1, 0.15) is 6.04 Å². The number of nitro groups is 1. The molecular formula is C13H18N2O7S. The average molecular weight is 346 g/mol. The number of carbonyl (C=O) groups is 1. The van der Waals surface area contributed by atoms with Gasteiger partial charge in [-0.1, -0.05) is 6.92 Å². The second-order valence-corrected chi connectivity index (χ2v) is 6.56. The molecule has 0 aliphatic carbocycles. The smallest absolute Gasteiger partial charge is 0.326 e. The first-order valence-electron chi connectivity index (χ1n) is 6.69. The molecule has 0 radical (unpaired) electrons. The van der Waals surface area contributed by atoms with E-state index < -0.39 is 33.1 Å². The van der Waals surface area contributed by atoms with Crippen LogP contribution in [0.4, 0.5) is 5.69 Å². The van der Waals surface area contributed by atoms with E-state index in [4.69, 9.17) is 0 Å². The first kappa shape index (κ1) is 19.0. The SMILES string of the molecule is CCN([C@H](C(=O)OC)[C@@H](C)O)S(=O)(=O)c1ccc([N+](=O)[O-])cc1. The van der Waals surface area contributed by atoms with Crippen LogP contribution in [0.5, 0.6) is 0 Å². The number of aliphatic hydroxyl groups is 1. The molecule has 1 N–H and O–H groups in total. The summed E-state index contributed by atoms with van der Waals surface area (Å²) in [5.41, 5.74) is -0.257. The third kappa shape index (κ3) is 4.03. The van der Waals surface area contributed by atoms with Crippen molar-refractivity contribution in [2.45, 2.75) is 30.9 Å². The number of hydrogen-bond donors (Lipinski definition) is 1. The van der Waals surface area contributed by atoms with Crippen molar-refractivity contribution in [3.63, 3.8) is 0 Å². The summed E-state index contributed by atoms with van der Waals surface area (Å²) in [5.74, 6) is -0.896. The third-order valence-electron chi connectivity index (χ3n) is 3.18. The molecular weight excluding hydrogens is 328 g/mol. The van der Waals surface area contributed by atoms with Crippen LogP contribution in [0.25, 0.3) is 0 Å². The Kier molecular flexibility index (Phi) is 6.19. The van der Waals surface area contributed by atoms with Crippen molar-refractivity contribution < 1.29 is 28.0 Å². The molecule has 1 aromatic carbocycles. The van der Waals surface area contributed by atoms with Crippen molar-refractivity contribution in [2.75, 3.05) is 13.7 Å². The number of ether oxygens (including phenoxy) is 1. The van der Waals surface area contributed by atoms with Gasteiger partial charge in [-0.2, -0.15) is 4.31 Å². The molecule has 0 aromatic heterocycles. The van der Waals surface area contributed by atoms with Gasteiger partial charge in [-0.15, -0.1) is 0 Å². The second-order valence-electron chi connectivity index (χ2n) is 4.67. The zero-order valence-electron chi connectivity index (χ0n) is 12.9. The van der Waals surface area contributed by atoms with E-state index in [1.807, 2.05) is 0 Å². The maximum Gasteiger partial charge on any atom is 0.326 e. The van der Waals surface area contributed by atoms with Crippen molar-refractivity contribution >= 4 is 21.7 Å². The van der Waals surface area contributed by atoms with Crippen LogP contribution in [0, 0.1) is 10.1 Å². The monoisotopic (exact) mass is 346 g/mol. The maximum atomic E-state index is 12.6. The number of non-ortho nitro benzene ring substituents is 1. The summed E-state index contributed by atoms with van der Waals surface area (Å²) in [4.78, 5) is 21.6. The van der Waals surface area contributed by atoms with Crippen LogP contribution in [-0.4, -0.2) is 54.5 Å². The number of esters is 1. The quantitative estimate of drug-likeness (QED) is 0.433. The zero-order valence-corrected chi connectivity index (χ0v) is 13.7. The molecule has 0 unspecified atom stereocenters. The highest BCUT2D eigenvalue weighted by atomic mass is 32.2. The number of rotatable bonds is 7. The van der Waals surface area contributed by atoms with Crippen LogP contribution in [0.15, 0.2) is 29.2 Å². The predicted octanol–water partition coefficient (Wildman–Crippen LogP) is 0.528. The lowest BCUT2D eigenvalue weighted by molar-refractivity contribution is -0.384. The Labute approximate surface area is 133 Å². The normalized spacial score (nSPS) is 14.3. The number of hydrogen-bond acceptors (Lipinski definition) is 7. The number of nitrogens with zero attached hydrogens (tertiary/aromatic N) is 2. The molecule has 0 saturated heterocycles. The summed E-state index contributed by atoms with van der Waals surface area (Å²) < 4.78 is 30.6. The molecule has 0 bridgehead atoms. The van der Waals surface area contributed by atoms with E-state index in [9.17, 15) is 28.4 Å². The molecule has 0 saturated carbocycles. The number of sulfonamides is 1. The summed E-state index contributed by atoms with van der Waals surface area (Å²) in [7, 11) is -3.06. The average Bonchev–Trinajstić information content (AvgIpc) is 2.51. The van der Waals surface area contributed by atoms with Crippen LogP contribution in [0.2, 0.25) is 0 Å². The van der Waals surface area contributed by atoms with Crippen LogP contribution in [0.3, 0.4) is 0 Å². The summed E-state index contributed by atoms with van der Waals surface area (Å²) in [6.07, 6.45) is -1.30. The highest BCUT2D eigenvalue weighted by Crippen LogP contribution is 2.22. The number of likely N-dealkylation sites (N-methyl/N-ethyl adjacent to an activating group) is 1. The Morgan fingerprint density at radius 1 is 1.39 bits per heavy atom. The minimum absolute atomic E-state index is 0.0933. The first-order valence-corrected chi connectivity index (χ1v) is 8.13. The van der Waals surface area contributed by atoms with Gasteiger partial charge < -0.3 is 9.84 Å². The van der Waals surface area contributed by atoms with Crippen molar-refractivity contribution in [2.24, 2.45) is 0 Å². The molecule has 23 heavy (non-hydrogen) atoms. The van der Waals surface area contributed by atoms with Gasteiger partial charge in [-0.05, 0) is 19.1 Å². The number of methoxy groups -OCH3 is 1. The standard InChI is InChI=1S/C13H18N2O7S/c1-4-14(12(9(2)16)13(17)22-3)23(20,21)11-7-5-10(6-8-11)15(18)19/h5-9,12,16H,4H2,1-3H3/t9-,12+/m1/s1. The molecule has 0 heterocycles. The molecule has 9 nitrogen and oxygen atoms in total. The summed E-state index contributed by atoms with van der Waals surface area (Å²) >= 11 is 0. The van der Waals surface area contributed by atoms with Crippen LogP contribution >= 0.6 is 0 Å². The molecule has 0 spiro atoms. The Morgan fingerprint density at radius 2 is 1.91 bits per heavy atom. The lowest BCUT2D eigenvalue weighted by Gasteiger charge is -2.29. The molecule has 0 fully saturated rings. The van der Waals surface area contributed by atoms with E-state index in [0.717, 1.165) is 35.7 Å². The van der Waals surface area contributed by atoms with Crippen molar-refractivity contribution in [3.05, 3.63) is 34.4 Å². The van der Waals surface area contributed by atoms with Crippen LogP contribution < -0.4 is 0 Å². The molecule has 2 atom stereocenters. The molecule has 10 heteroatoms.